The Hall–Kier alpha value is -0.930. The predicted molar refractivity (Wildman–Crippen MR) is 130 cm³/mol. The molecule has 0 heterocycles. The van der Waals surface area contributed by atoms with Gasteiger partial charge in [-0.2, -0.15) is 0 Å². The van der Waals surface area contributed by atoms with Gasteiger partial charge in [-0.05, 0) is 38.0 Å². The average Bonchev–Trinajstić information content (AvgIpc) is 2.74. The molecule has 2 atom stereocenters. The molecule has 0 bridgehead atoms. The molecule has 0 fully saturated rings. The first-order chi connectivity index (χ1) is 14.1. The summed E-state index contributed by atoms with van der Waals surface area (Å²) in [6, 6.07) is 10.2. The number of ether oxygens (including phenoxy) is 2. The number of hydrogen-bond donors (Lipinski definition) is 0. The molecule has 2 nitrogen and oxygen atoms in total. The van der Waals surface area contributed by atoms with Crippen molar-refractivity contribution in [2.24, 2.45) is 5.92 Å². The van der Waals surface area contributed by atoms with Crippen LogP contribution in [0.4, 0.5) is 0 Å². The van der Waals surface area contributed by atoms with Gasteiger partial charge in [-0.3, -0.25) is 0 Å². The maximum atomic E-state index is 6.63. The molecule has 0 aliphatic heterocycles. The fourth-order valence-corrected chi connectivity index (χ4v) is 4.08. The number of unbranched alkanes of at least 4 members (excludes halogenated alkanes) is 2. The molecule has 0 radical (unpaired) electrons. The Balaban J connectivity index is 2.06. The summed E-state index contributed by atoms with van der Waals surface area (Å²) in [5.41, 5.74) is 0. The van der Waals surface area contributed by atoms with Crippen LogP contribution in [0.25, 0.3) is 10.8 Å². The summed E-state index contributed by atoms with van der Waals surface area (Å²) in [5.74, 6) is 2.21. The second-order valence-electron chi connectivity index (χ2n) is 7.81. The highest BCUT2D eigenvalue weighted by Gasteiger charge is 2.15. The van der Waals surface area contributed by atoms with Gasteiger partial charge in [-0.25, -0.2) is 0 Å². The maximum Gasteiger partial charge on any atom is 0.145 e. The minimum atomic E-state index is 0.571. The summed E-state index contributed by atoms with van der Waals surface area (Å²) in [6.07, 6.45) is 9.36. The van der Waals surface area contributed by atoms with Gasteiger partial charge in [-0.15, -0.1) is 0 Å². The number of alkyl halides is 1. The van der Waals surface area contributed by atoms with Gasteiger partial charge >= 0.3 is 0 Å². The standard InChI is InChI=1S/C25H36BrClO2/c1-4-7-12-19(5-2)18-29-25-22-15-9-8-14-21(22)24(17-23(25)27)28-16-11-10-13-20(26)6-3/h8-9,14-15,17,19-20H,4-7,10-13,16,18H2,1-3H3. The fourth-order valence-electron chi connectivity index (χ4n) is 3.50. The molecule has 0 spiro atoms. The number of rotatable bonds is 14. The van der Waals surface area contributed by atoms with E-state index in [1.807, 2.05) is 18.2 Å². The van der Waals surface area contributed by atoms with Crippen LogP contribution in [-0.2, 0) is 0 Å². The summed E-state index contributed by atoms with van der Waals surface area (Å²) in [7, 11) is 0. The molecule has 0 saturated carbocycles. The van der Waals surface area contributed by atoms with Crippen molar-refractivity contribution in [1.82, 2.24) is 0 Å². The lowest BCUT2D eigenvalue weighted by Crippen LogP contribution is -2.12. The monoisotopic (exact) mass is 482 g/mol. The molecule has 2 aromatic carbocycles. The van der Waals surface area contributed by atoms with E-state index in [-0.39, 0.29) is 0 Å². The Kier molecular flexibility index (Phi) is 11.2. The van der Waals surface area contributed by atoms with Crippen molar-refractivity contribution in [1.29, 1.82) is 0 Å². The normalized spacial score (nSPS) is 13.4. The smallest absolute Gasteiger partial charge is 0.145 e. The van der Waals surface area contributed by atoms with E-state index in [0.29, 0.717) is 29.0 Å². The van der Waals surface area contributed by atoms with Crippen LogP contribution in [0, 0.1) is 5.92 Å². The lowest BCUT2D eigenvalue weighted by molar-refractivity contribution is 0.235. The summed E-state index contributed by atoms with van der Waals surface area (Å²) in [4.78, 5) is 0.610. The number of hydrogen-bond acceptors (Lipinski definition) is 2. The SMILES string of the molecule is CCCCC(CC)COc1c(Cl)cc(OCCCCC(Br)CC)c2ccccc12. The zero-order valence-electron chi connectivity index (χ0n) is 18.2. The fraction of sp³-hybridized carbons (Fsp3) is 0.600. The van der Waals surface area contributed by atoms with Gasteiger partial charge in [0.1, 0.15) is 11.5 Å². The third-order valence-corrected chi connectivity index (χ3v) is 6.92. The van der Waals surface area contributed by atoms with Gasteiger partial charge in [-0.1, -0.05) is 91.8 Å². The van der Waals surface area contributed by atoms with Crippen molar-refractivity contribution in [3.8, 4) is 11.5 Å². The van der Waals surface area contributed by atoms with E-state index in [1.165, 1.54) is 32.1 Å². The molecular weight excluding hydrogens is 448 g/mol. The van der Waals surface area contributed by atoms with E-state index in [1.54, 1.807) is 0 Å². The van der Waals surface area contributed by atoms with Crippen LogP contribution in [-0.4, -0.2) is 18.0 Å². The molecule has 0 amide bonds. The van der Waals surface area contributed by atoms with Gasteiger partial charge in [0.2, 0.25) is 0 Å². The van der Waals surface area contributed by atoms with Crippen molar-refractivity contribution < 1.29 is 9.47 Å². The molecule has 4 heteroatoms. The second-order valence-corrected chi connectivity index (χ2v) is 9.51. The summed E-state index contributed by atoms with van der Waals surface area (Å²) in [6.45, 7) is 8.10. The van der Waals surface area contributed by atoms with E-state index >= 15 is 0 Å². The molecule has 0 aromatic heterocycles. The molecule has 0 aliphatic carbocycles. The first-order valence-electron chi connectivity index (χ1n) is 11.2. The third kappa shape index (κ3) is 7.68. The van der Waals surface area contributed by atoms with Crippen molar-refractivity contribution in [2.45, 2.75) is 77.0 Å². The van der Waals surface area contributed by atoms with Crippen LogP contribution in [0.15, 0.2) is 30.3 Å². The molecule has 0 N–H and O–H groups in total. The molecule has 29 heavy (non-hydrogen) atoms. The molecule has 0 saturated heterocycles. The van der Waals surface area contributed by atoms with Gasteiger partial charge < -0.3 is 9.47 Å². The predicted octanol–water partition coefficient (Wildman–Crippen LogP) is 8.81. The van der Waals surface area contributed by atoms with Crippen LogP contribution < -0.4 is 9.47 Å². The van der Waals surface area contributed by atoms with Gasteiger partial charge in [0.05, 0.1) is 18.2 Å². The van der Waals surface area contributed by atoms with Crippen molar-refractivity contribution >= 4 is 38.3 Å². The van der Waals surface area contributed by atoms with Gasteiger partial charge in [0.15, 0.2) is 0 Å². The quantitative estimate of drug-likeness (QED) is 0.197. The second kappa shape index (κ2) is 13.4. The van der Waals surface area contributed by atoms with Gasteiger partial charge in [0, 0.05) is 21.7 Å². The Morgan fingerprint density at radius 2 is 1.69 bits per heavy atom. The average molecular weight is 484 g/mol. The van der Waals surface area contributed by atoms with E-state index in [4.69, 9.17) is 21.1 Å². The van der Waals surface area contributed by atoms with Crippen molar-refractivity contribution in [2.75, 3.05) is 13.2 Å². The first-order valence-corrected chi connectivity index (χ1v) is 12.5. The molecule has 2 unspecified atom stereocenters. The van der Waals surface area contributed by atoms with Crippen molar-refractivity contribution in [3.05, 3.63) is 35.4 Å². The molecule has 162 valence electrons. The Bertz CT molecular complexity index is 734. The summed E-state index contributed by atoms with van der Waals surface area (Å²) >= 11 is 10.3. The first kappa shape index (κ1) is 24.3. The van der Waals surface area contributed by atoms with E-state index in [2.05, 4.69) is 48.8 Å². The Morgan fingerprint density at radius 1 is 0.931 bits per heavy atom. The summed E-state index contributed by atoms with van der Waals surface area (Å²) < 4.78 is 12.4. The topological polar surface area (TPSA) is 18.5 Å². The Labute approximate surface area is 190 Å². The number of fused-ring (bicyclic) bond motifs is 1. The highest BCUT2D eigenvalue weighted by atomic mass is 79.9. The van der Waals surface area contributed by atoms with Crippen LogP contribution >= 0.6 is 27.5 Å². The van der Waals surface area contributed by atoms with Gasteiger partial charge in [0.25, 0.3) is 0 Å². The zero-order valence-corrected chi connectivity index (χ0v) is 20.5. The third-order valence-electron chi connectivity index (χ3n) is 5.53. The van der Waals surface area contributed by atoms with Crippen molar-refractivity contribution in [3.63, 3.8) is 0 Å². The molecule has 2 aromatic rings. The minimum Gasteiger partial charge on any atom is -0.493 e. The lowest BCUT2D eigenvalue weighted by Gasteiger charge is -2.19. The number of benzene rings is 2. The van der Waals surface area contributed by atoms with Crippen LogP contribution in [0.2, 0.25) is 5.02 Å². The minimum absolute atomic E-state index is 0.571. The Morgan fingerprint density at radius 3 is 2.38 bits per heavy atom. The van der Waals surface area contributed by atoms with Crippen LogP contribution in [0.5, 0.6) is 11.5 Å². The lowest BCUT2D eigenvalue weighted by atomic mass is 10.0. The highest BCUT2D eigenvalue weighted by molar-refractivity contribution is 9.09. The molecule has 0 aliphatic rings. The highest BCUT2D eigenvalue weighted by Crippen LogP contribution is 2.40. The molecular formula is C25H36BrClO2. The molecule has 2 rings (SSSR count). The maximum absolute atomic E-state index is 6.63. The van der Waals surface area contributed by atoms with Crippen LogP contribution in [0.3, 0.4) is 0 Å². The zero-order chi connectivity index (χ0) is 21.1. The largest absolute Gasteiger partial charge is 0.493 e. The van der Waals surface area contributed by atoms with E-state index < -0.39 is 0 Å². The summed E-state index contributed by atoms with van der Waals surface area (Å²) in [5, 5.41) is 2.74. The number of halogens is 2. The van der Waals surface area contributed by atoms with E-state index in [9.17, 15) is 0 Å². The van der Waals surface area contributed by atoms with Crippen LogP contribution in [0.1, 0.15) is 72.1 Å². The van der Waals surface area contributed by atoms with E-state index in [0.717, 1.165) is 41.5 Å².